The number of rotatable bonds is 5. The quantitative estimate of drug-likeness (QED) is 0.747. The van der Waals surface area contributed by atoms with Gasteiger partial charge in [0.2, 0.25) is 11.8 Å². The highest BCUT2D eigenvalue weighted by Gasteiger charge is 2.55. The Morgan fingerprint density at radius 3 is 2.32 bits per heavy atom. The summed E-state index contributed by atoms with van der Waals surface area (Å²) in [7, 11) is -1.13. The monoisotopic (exact) mass is 284 g/mol. The second-order valence-electron chi connectivity index (χ2n) is 5.46. The van der Waals surface area contributed by atoms with Gasteiger partial charge in [0.15, 0.2) is 0 Å². The lowest BCUT2D eigenvalue weighted by molar-refractivity contribution is -0.139. The lowest BCUT2D eigenvalue weighted by Gasteiger charge is -2.46. The fourth-order valence-corrected chi connectivity index (χ4v) is 4.06. The Morgan fingerprint density at radius 1 is 1.32 bits per heavy atom. The fourth-order valence-electron chi connectivity index (χ4n) is 2.80. The number of primary amides is 2. The Hall–Kier alpha value is -1.43. The van der Waals surface area contributed by atoms with Crippen molar-refractivity contribution in [2.75, 3.05) is 12.0 Å². The maximum Gasteiger partial charge on any atom is 0.229 e. The molecular weight excluding hydrogens is 264 g/mol. The summed E-state index contributed by atoms with van der Waals surface area (Å²) >= 11 is 0. The van der Waals surface area contributed by atoms with Crippen molar-refractivity contribution in [2.45, 2.75) is 13.8 Å². The summed E-state index contributed by atoms with van der Waals surface area (Å²) in [6.45, 7) is 3.55. The number of amides is 2. The zero-order chi connectivity index (χ0) is 14.8. The molecule has 0 radical (unpaired) electrons. The van der Waals surface area contributed by atoms with Crippen LogP contribution in [0.1, 0.15) is 13.8 Å². The van der Waals surface area contributed by atoms with Crippen molar-refractivity contribution in [3.05, 3.63) is 24.3 Å². The van der Waals surface area contributed by atoms with E-state index in [2.05, 4.69) is 0 Å². The molecule has 3 unspecified atom stereocenters. The summed E-state index contributed by atoms with van der Waals surface area (Å²) in [6.07, 6.45) is 8.07. The predicted octanol–water partition coefficient (Wildman–Crippen LogP) is 0.0903. The van der Waals surface area contributed by atoms with E-state index in [0.717, 1.165) is 0 Å². The van der Waals surface area contributed by atoms with E-state index in [1.807, 2.05) is 0 Å². The first-order chi connectivity index (χ1) is 8.65. The molecule has 1 aliphatic carbocycles. The average Bonchev–Trinajstić information content (AvgIpc) is 2.26. The van der Waals surface area contributed by atoms with E-state index in [-0.39, 0.29) is 5.75 Å². The third-order valence-corrected chi connectivity index (χ3v) is 4.79. The zero-order valence-electron chi connectivity index (χ0n) is 11.4. The molecule has 0 spiro atoms. The van der Waals surface area contributed by atoms with Gasteiger partial charge in [0.25, 0.3) is 0 Å². The van der Waals surface area contributed by atoms with E-state index < -0.39 is 39.4 Å². The zero-order valence-corrected chi connectivity index (χ0v) is 12.2. The van der Waals surface area contributed by atoms with Gasteiger partial charge in [-0.3, -0.25) is 13.8 Å². The summed E-state index contributed by atoms with van der Waals surface area (Å²) in [5, 5.41) is 0. The summed E-state index contributed by atoms with van der Waals surface area (Å²) in [5.41, 5.74) is 8.96. The number of carbonyl (C=O) groups excluding carboxylic acids is 2. The Bertz CT molecular complexity index is 482. The molecule has 0 aromatic rings. The normalized spacial score (nSPS) is 28.1. The van der Waals surface area contributed by atoms with Gasteiger partial charge in [-0.2, -0.15) is 0 Å². The van der Waals surface area contributed by atoms with E-state index in [1.165, 1.54) is 0 Å². The van der Waals surface area contributed by atoms with Crippen LogP contribution in [0.3, 0.4) is 0 Å². The molecule has 19 heavy (non-hydrogen) atoms. The molecule has 0 saturated heterocycles. The number of hydrogen-bond acceptors (Lipinski definition) is 3. The fraction of sp³-hybridized carbons (Fsp3) is 0.538. The minimum atomic E-state index is -1.25. The topological polar surface area (TPSA) is 103 Å². The molecule has 0 heterocycles. The Morgan fingerprint density at radius 2 is 1.89 bits per heavy atom. The minimum Gasteiger partial charge on any atom is -0.369 e. The van der Waals surface area contributed by atoms with Crippen molar-refractivity contribution < 1.29 is 13.8 Å². The molecule has 0 aliphatic heterocycles. The molecule has 2 amide bonds. The maximum atomic E-state index is 12.0. The van der Waals surface area contributed by atoms with E-state index in [0.29, 0.717) is 0 Å². The van der Waals surface area contributed by atoms with Crippen LogP contribution in [0.15, 0.2) is 24.3 Å². The highest BCUT2D eigenvalue weighted by atomic mass is 32.2. The van der Waals surface area contributed by atoms with Crippen LogP contribution < -0.4 is 11.5 Å². The molecule has 0 aromatic carbocycles. The average molecular weight is 284 g/mol. The number of hydrogen-bond donors (Lipinski definition) is 2. The summed E-state index contributed by atoms with van der Waals surface area (Å²) < 4.78 is 11.5. The van der Waals surface area contributed by atoms with Gasteiger partial charge in [-0.15, -0.1) is 0 Å². The van der Waals surface area contributed by atoms with Gasteiger partial charge >= 0.3 is 0 Å². The third-order valence-electron chi connectivity index (χ3n) is 3.66. The summed E-state index contributed by atoms with van der Waals surface area (Å²) in [6, 6.07) is 0. The molecule has 5 nitrogen and oxygen atoms in total. The minimum absolute atomic E-state index is 0.248. The largest absolute Gasteiger partial charge is 0.369 e. The van der Waals surface area contributed by atoms with Crippen LogP contribution in [-0.2, 0) is 20.4 Å². The number of nitrogens with two attached hydrogens (primary N) is 2. The van der Waals surface area contributed by atoms with Crippen molar-refractivity contribution in [1.29, 1.82) is 0 Å². The molecule has 1 rings (SSSR count). The predicted molar refractivity (Wildman–Crippen MR) is 75.3 cm³/mol. The molecule has 3 atom stereocenters. The molecule has 0 aromatic heterocycles. The van der Waals surface area contributed by atoms with Gasteiger partial charge in [-0.05, 0) is 5.41 Å². The molecule has 0 fully saturated rings. The van der Waals surface area contributed by atoms with Crippen molar-refractivity contribution in [3.63, 3.8) is 0 Å². The highest BCUT2D eigenvalue weighted by molar-refractivity contribution is 7.84. The first kappa shape index (κ1) is 15.6. The first-order valence-electron chi connectivity index (χ1n) is 5.90. The van der Waals surface area contributed by atoms with Crippen LogP contribution in [0.2, 0.25) is 0 Å². The van der Waals surface area contributed by atoms with Gasteiger partial charge in [0.1, 0.15) is 0 Å². The molecular formula is C13H20N2O3S. The SMILES string of the molecule is CS(=O)CC(C)(C)C1(C(N)=O)C=CC=CC1C(N)=O. The van der Waals surface area contributed by atoms with Crippen LogP contribution in [0.25, 0.3) is 0 Å². The van der Waals surface area contributed by atoms with Crippen molar-refractivity contribution in [3.8, 4) is 0 Å². The van der Waals surface area contributed by atoms with Crippen molar-refractivity contribution in [2.24, 2.45) is 28.2 Å². The van der Waals surface area contributed by atoms with Crippen LogP contribution in [0, 0.1) is 16.7 Å². The van der Waals surface area contributed by atoms with Gasteiger partial charge in [0.05, 0.1) is 11.3 Å². The number of carbonyl (C=O) groups is 2. The van der Waals surface area contributed by atoms with E-state index in [9.17, 15) is 13.8 Å². The van der Waals surface area contributed by atoms with Crippen LogP contribution >= 0.6 is 0 Å². The van der Waals surface area contributed by atoms with Crippen LogP contribution in [0.4, 0.5) is 0 Å². The maximum absolute atomic E-state index is 12.0. The lowest BCUT2D eigenvalue weighted by atomic mass is 9.57. The van der Waals surface area contributed by atoms with Crippen molar-refractivity contribution in [1.82, 2.24) is 0 Å². The molecule has 106 valence electrons. The molecule has 0 bridgehead atoms. The molecule has 1 aliphatic rings. The molecule has 6 heteroatoms. The number of allylic oxidation sites excluding steroid dienone is 2. The highest BCUT2D eigenvalue weighted by Crippen LogP contribution is 2.48. The van der Waals surface area contributed by atoms with Crippen LogP contribution in [-0.4, -0.2) is 28.0 Å². The smallest absolute Gasteiger partial charge is 0.229 e. The second-order valence-corrected chi connectivity index (χ2v) is 6.89. The van der Waals surface area contributed by atoms with Crippen molar-refractivity contribution >= 4 is 22.6 Å². The molecule has 4 N–H and O–H groups in total. The first-order valence-corrected chi connectivity index (χ1v) is 7.63. The van der Waals surface area contributed by atoms with E-state index in [4.69, 9.17) is 11.5 Å². The lowest BCUT2D eigenvalue weighted by Crippen LogP contribution is -2.57. The van der Waals surface area contributed by atoms with E-state index >= 15 is 0 Å². The van der Waals surface area contributed by atoms with Gasteiger partial charge in [0, 0.05) is 22.8 Å². The Balaban J connectivity index is 3.42. The van der Waals surface area contributed by atoms with Gasteiger partial charge in [-0.25, -0.2) is 0 Å². The second kappa shape index (κ2) is 5.28. The summed E-state index contributed by atoms with van der Waals surface area (Å²) in [4.78, 5) is 23.7. The van der Waals surface area contributed by atoms with Gasteiger partial charge in [-0.1, -0.05) is 38.2 Å². The summed E-state index contributed by atoms with van der Waals surface area (Å²) in [5.74, 6) is -1.83. The Labute approximate surface area is 115 Å². The molecule has 0 saturated carbocycles. The van der Waals surface area contributed by atoms with E-state index in [1.54, 1.807) is 44.4 Å². The standard InChI is InChI=1S/C13H20N2O3S/c1-12(2,8-19(3)18)13(11(15)17)7-5-4-6-9(13)10(14)16/h4-7,9H,8H2,1-3H3,(H2,14,16)(H2,15,17). The van der Waals surface area contributed by atoms with Gasteiger partial charge < -0.3 is 11.5 Å². The third kappa shape index (κ3) is 2.63. The van der Waals surface area contributed by atoms with Crippen LogP contribution in [0.5, 0.6) is 0 Å². The Kier molecular flexibility index (Phi) is 4.35.